The lowest BCUT2D eigenvalue weighted by Crippen LogP contribution is -2.38. The van der Waals surface area contributed by atoms with Crippen LogP contribution < -0.4 is 15.8 Å². The number of carbonyl (C=O) groups excluding carboxylic acids is 1. The lowest BCUT2D eigenvalue weighted by Gasteiger charge is -2.12. The van der Waals surface area contributed by atoms with Crippen LogP contribution in [0.2, 0.25) is 0 Å². The van der Waals surface area contributed by atoms with Crippen molar-refractivity contribution in [2.45, 2.75) is 26.3 Å². The van der Waals surface area contributed by atoms with Gasteiger partial charge >= 0.3 is 0 Å². The minimum atomic E-state index is -0.00693. The highest BCUT2D eigenvalue weighted by molar-refractivity contribution is 5.79. The van der Waals surface area contributed by atoms with E-state index in [0.29, 0.717) is 13.0 Å². The fraction of sp³-hybridized carbons (Fsp3) is 0.462. The molecule has 4 heteroatoms. The van der Waals surface area contributed by atoms with Gasteiger partial charge in [0.15, 0.2) is 0 Å². The van der Waals surface area contributed by atoms with E-state index in [4.69, 9.17) is 10.5 Å². The zero-order valence-corrected chi connectivity index (χ0v) is 10.6. The molecule has 1 rings (SSSR count). The third kappa shape index (κ3) is 4.07. The van der Waals surface area contributed by atoms with Gasteiger partial charge in [0.25, 0.3) is 0 Å². The Bertz CT molecular complexity index is 391. The predicted octanol–water partition coefficient (Wildman–Crippen LogP) is 1.01. The number of methoxy groups -OCH3 is 1. The van der Waals surface area contributed by atoms with E-state index in [1.807, 2.05) is 32.0 Å². The van der Waals surface area contributed by atoms with Crippen LogP contribution in [0.4, 0.5) is 0 Å². The van der Waals surface area contributed by atoms with E-state index in [1.54, 1.807) is 7.11 Å². The molecule has 0 aromatic heterocycles. The number of nitrogens with two attached hydrogens (primary N) is 1. The maximum absolute atomic E-state index is 11.6. The molecule has 0 spiro atoms. The van der Waals surface area contributed by atoms with E-state index < -0.39 is 0 Å². The molecule has 1 unspecified atom stereocenters. The Morgan fingerprint density at radius 3 is 2.76 bits per heavy atom. The third-order valence-electron chi connectivity index (χ3n) is 2.58. The van der Waals surface area contributed by atoms with E-state index in [-0.39, 0.29) is 11.9 Å². The van der Waals surface area contributed by atoms with E-state index in [1.165, 1.54) is 0 Å². The Balaban J connectivity index is 2.63. The van der Waals surface area contributed by atoms with Gasteiger partial charge in [0.1, 0.15) is 5.75 Å². The molecule has 4 nitrogen and oxygen atoms in total. The lowest BCUT2D eigenvalue weighted by molar-refractivity contribution is -0.120. The van der Waals surface area contributed by atoms with Gasteiger partial charge in [-0.2, -0.15) is 0 Å². The zero-order valence-electron chi connectivity index (χ0n) is 10.6. The van der Waals surface area contributed by atoms with Crippen LogP contribution in [-0.2, 0) is 11.2 Å². The highest BCUT2D eigenvalue weighted by Gasteiger charge is 2.08. The Morgan fingerprint density at radius 2 is 2.24 bits per heavy atom. The second-order valence-corrected chi connectivity index (χ2v) is 4.19. The molecule has 0 bridgehead atoms. The fourth-order valence-electron chi connectivity index (χ4n) is 1.62. The summed E-state index contributed by atoms with van der Waals surface area (Å²) in [5.74, 6) is 0.831. The summed E-state index contributed by atoms with van der Waals surface area (Å²) in [6.07, 6.45) is 0.370. The molecule has 0 radical (unpaired) electrons. The summed E-state index contributed by atoms with van der Waals surface area (Å²) in [5, 5.41) is 2.83. The van der Waals surface area contributed by atoms with Crippen LogP contribution in [0.15, 0.2) is 18.2 Å². The monoisotopic (exact) mass is 236 g/mol. The maximum Gasteiger partial charge on any atom is 0.224 e. The first-order valence-electron chi connectivity index (χ1n) is 5.69. The molecular formula is C13H20N2O2. The number of ether oxygens (including phenoxy) is 1. The van der Waals surface area contributed by atoms with Crippen molar-refractivity contribution in [1.82, 2.24) is 5.32 Å². The number of amides is 1. The first-order valence-corrected chi connectivity index (χ1v) is 5.69. The molecule has 0 aliphatic rings. The van der Waals surface area contributed by atoms with Gasteiger partial charge < -0.3 is 15.8 Å². The fourth-order valence-corrected chi connectivity index (χ4v) is 1.62. The van der Waals surface area contributed by atoms with Gasteiger partial charge in [-0.05, 0) is 31.0 Å². The maximum atomic E-state index is 11.6. The first kappa shape index (κ1) is 13.5. The van der Waals surface area contributed by atoms with Gasteiger partial charge in [0.2, 0.25) is 5.91 Å². The van der Waals surface area contributed by atoms with Crippen molar-refractivity contribution in [3.05, 3.63) is 29.3 Å². The number of benzene rings is 1. The van der Waals surface area contributed by atoms with Gasteiger partial charge in [0, 0.05) is 12.6 Å². The third-order valence-corrected chi connectivity index (χ3v) is 2.58. The molecule has 94 valence electrons. The largest absolute Gasteiger partial charge is 0.496 e. The average Bonchev–Trinajstić information content (AvgIpc) is 2.29. The number of carbonyl (C=O) groups is 1. The normalized spacial score (nSPS) is 12.0. The van der Waals surface area contributed by atoms with Crippen LogP contribution in [0.1, 0.15) is 18.1 Å². The van der Waals surface area contributed by atoms with Gasteiger partial charge in [-0.25, -0.2) is 0 Å². The summed E-state index contributed by atoms with van der Waals surface area (Å²) >= 11 is 0. The quantitative estimate of drug-likeness (QED) is 0.802. The Hall–Kier alpha value is -1.55. The first-order chi connectivity index (χ1) is 8.06. The Kier molecular flexibility index (Phi) is 4.97. The van der Waals surface area contributed by atoms with Gasteiger partial charge in [0.05, 0.1) is 13.5 Å². The summed E-state index contributed by atoms with van der Waals surface area (Å²) in [6, 6.07) is 5.76. The van der Waals surface area contributed by atoms with Crippen LogP contribution in [0.25, 0.3) is 0 Å². The topological polar surface area (TPSA) is 64.3 Å². The molecule has 1 aromatic rings. The Labute approximate surface area is 102 Å². The summed E-state index contributed by atoms with van der Waals surface area (Å²) in [4.78, 5) is 11.6. The molecule has 0 aliphatic heterocycles. The molecule has 0 fully saturated rings. The van der Waals surface area contributed by atoms with Crippen LogP contribution >= 0.6 is 0 Å². The number of rotatable bonds is 5. The van der Waals surface area contributed by atoms with Gasteiger partial charge in [-0.15, -0.1) is 0 Å². The molecule has 1 aromatic carbocycles. The van der Waals surface area contributed by atoms with E-state index in [2.05, 4.69) is 5.32 Å². The average molecular weight is 236 g/mol. The highest BCUT2D eigenvalue weighted by Crippen LogP contribution is 2.18. The summed E-state index contributed by atoms with van der Waals surface area (Å²) in [6.45, 7) is 4.30. The van der Waals surface area contributed by atoms with Crippen molar-refractivity contribution in [3.63, 3.8) is 0 Å². The van der Waals surface area contributed by atoms with Crippen LogP contribution in [0, 0.1) is 6.92 Å². The molecule has 17 heavy (non-hydrogen) atoms. The van der Waals surface area contributed by atoms with Crippen molar-refractivity contribution in [2.75, 3.05) is 13.7 Å². The molecule has 3 N–H and O–H groups in total. The minimum Gasteiger partial charge on any atom is -0.496 e. The van der Waals surface area contributed by atoms with E-state index >= 15 is 0 Å². The number of nitrogens with one attached hydrogen (secondary N) is 1. The number of aryl methyl sites for hydroxylation is 1. The van der Waals surface area contributed by atoms with Crippen LogP contribution in [0.3, 0.4) is 0 Å². The summed E-state index contributed by atoms with van der Waals surface area (Å²) in [7, 11) is 1.64. The van der Waals surface area contributed by atoms with Crippen molar-refractivity contribution in [2.24, 2.45) is 5.73 Å². The molecule has 0 saturated carbocycles. The Morgan fingerprint density at radius 1 is 1.53 bits per heavy atom. The van der Waals surface area contributed by atoms with Crippen molar-refractivity contribution < 1.29 is 9.53 Å². The minimum absolute atomic E-state index is 0.00693. The van der Waals surface area contributed by atoms with Crippen LogP contribution in [0.5, 0.6) is 5.75 Å². The molecule has 0 aliphatic carbocycles. The number of hydrogen-bond donors (Lipinski definition) is 2. The van der Waals surface area contributed by atoms with E-state index in [0.717, 1.165) is 16.9 Å². The standard InChI is InChI=1S/C13H20N2O2/c1-9-6-11(4-5-12(9)17-3)7-13(16)15-10(2)8-14/h4-6,10H,7-8,14H2,1-3H3,(H,15,16). The zero-order chi connectivity index (χ0) is 12.8. The SMILES string of the molecule is COc1ccc(CC(=O)NC(C)CN)cc1C. The van der Waals surface area contributed by atoms with Crippen LogP contribution in [-0.4, -0.2) is 25.6 Å². The second-order valence-electron chi connectivity index (χ2n) is 4.19. The number of hydrogen-bond acceptors (Lipinski definition) is 3. The molecule has 0 saturated heterocycles. The van der Waals surface area contributed by atoms with E-state index in [9.17, 15) is 4.79 Å². The molecule has 0 heterocycles. The van der Waals surface area contributed by atoms with Gasteiger partial charge in [-0.3, -0.25) is 4.79 Å². The highest BCUT2D eigenvalue weighted by atomic mass is 16.5. The lowest BCUT2D eigenvalue weighted by atomic mass is 10.1. The molecule has 1 amide bonds. The second kappa shape index (κ2) is 6.25. The summed E-state index contributed by atoms with van der Waals surface area (Å²) < 4.78 is 5.17. The molecule has 1 atom stereocenters. The molecular weight excluding hydrogens is 216 g/mol. The smallest absolute Gasteiger partial charge is 0.224 e. The van der Waals surface area contributed by atoms with Crippen molar-refractivity contribution >= 4 is 5.91 Å². The van der Waals surface area contributed by atoms with Gasteiger partial charge in [-0.1, -0.05) is 12.1 Å². The van der Waals surface area contributed by atoms with Crippen molar-refractivity contribution in [1.29, 1.82) is 0 Å². The predicted molar refractivity (Wildman–Crippen MR) is 68.1 cm³/mol. The van der Waals surface area contributed by atoms with Crippen molar-refractivity contribution in [3.8, 4) is 5.75 Å². The summed E-state index contributed by atoms with van der Waals surface area (Å²) in [5.41, 5.74) is 7.45.